The topological polar surface area (TPSA) is 115 Å². The Hall–Kier alpha value is -3.00. The number of H-pyrrole nitrogens is 1. The van der Waals surface area contributed by atoms with Crippen LogP contribution in [0.1, 0.15) is 27.6 Å². The molecule has 0 aliphatic carbocycles. The van der Waals surface area contributed by atoms with E-state index in [1.54, 1.807) is 62.0 Å². The molecule has 3 aromatic rings. The number of aromatic nitrogens is 1. The second-order valence-corrected chi connectivity index (χ2v) is 7.28. The first-order valence-electron chi connectivity index (χ1n) is 9.05. The molecule has 1 atom stereocenters. The van der Waals surface area contributed by atoms with Crippen molar-refractivity contribution in [2.75, 3.05) is 20.0 Å². The first-order chi connectivity index (χ1) is 14.4. The molecule has 31 heavy (non-hydrogen) atoms. The Kier molecular flexibility index (Phi) is 8.50. The summed E-state index contributed by atoms with van der Waals surface area (Å²) in [6, 6.07) is 11.8. The summed E-state index contributed by atoms with van der Waals surface area (Å²) in [5.41, 5.74) is 8.00. The maximum absolute atomic E-state index is 12.8. The van der Waals surface area contributed by atoms with E-state index in [-0.39, 0.29) is 11.9 Å². The van der Waals surface area contributed by atoms with E-state index in [1.165, 1.54) is 7.11 Å². The molecule has 0 aliphatic heterocycles. The van der Waals surface area contributed by atoms with Crippen molar-refractivity contribution in [1.29, 1.82) is 0 Å². The summed E-state index contributed by atoms with van der Waals surface area (Å²) in [4.78, 5) is 15.7. The number of halogens is 2. The third-order valence-corrected chi connectivity index (χ3v) is 5.24. The molecule has 1 heterocycles. The van der Waals surface area contributed by atoms with E-state index in [2.05, 4.69) is 4.98 Å². The van der Waals surface area contributed by atoms with Gasteiger partial charge in [0.2, 0.25) is 0 Å². The summed E-state index contributed by atoms with van der Waals surface area (Å²) in [5, 5.41) is 0.882. The van der Waals surface area contributed by atoms with Crippen LogP contribution in [0.4, 0.5) is 5.69 Å². The predicted molar refractivity (Wildman–Crippen MR) is 117 cm³/mol. The molecule has 164 valence electrons. The number of hydrogen-bond donors (Lipinski definition) is 1. The van der Waals surface area contributed by atoms with E-state index in [1.807, 2.05) is 0 Å². The lowest BCUT2D eigenvalue weighted by atomic mass is 10.0. The molecule has 3 rings (SSSR count). The Morgan fingerprint density at radius 2 is 1.61 bits per heavy atom. The Balaban J connectivity index is 0.00000341. The molecular formula is C22H22Cl2N2O5. The molecule has 0 spiro atoms. The molecule has 7 nitrogen and oxygen atoms in total. The predicted octanol–water partition coefficient (Wildman–Crippen LogP) is 4.37. The van der Waals surface area contributed by atoms with Gasteiger partial charge in [-0.1, -0.05) is 29.3 Å². The molecule has 9 heteroatoms. The number of nitrogens with two attached hydrogens (primary N) is 1. The Bertz CT molecular complexity index is 1020. The fourth-order valence-electron chi connectivity index (χ4n) is 2.95. The Morgan fingerprint density at radius 3 is 2.19 bits per heavy atom. The first-order valence-corrected chi connectivity index (χ1v) is 9.81. The number of anilines is 1. The number of carbonyl (C=O) groups excluding carboxylic acids is 1. The van der Waals surface area contributed by atoms with Gasteiger partial charge in [-0.15, -0.1) is 0 Å². The molecule has 0 aliphatic rings. The molecular weight excluding hydrogens is 443 g/mol. The van der Waals surface area contributed by atoms with Gasteiger partial charge in [-0.25, -0.2) is 9.78 Å². The highest BCUT2D eigenvalue weighted by atomic mass is 35.5. The van der Waals surface area contributed by atoms with Crippen LogP contribution in [0.5, 0.6) is 11.5 Å². The molecule has 0 saturated heterocycles. The lowest BCUT2D eigenvalue weighted by molar-refractivity contribution is -0.377. The van der Waals surface area contributed by atoms with Crippen LogP contribution >= 0.6 is 23.2 Å². The number of ether oxygens (including phenoxy) is 3. The molecule has 0 fully saturated rings. The van der Waals surface area contributed by atoms with Gasteiger partial charge >= 0.3 is 5.97 Å². The number of methoxy groups -OCH3 is 2. The molecule has 0 unspecified atom stereocenters. The second-order valence-electron chi connectivity index (χ2n) is 6.46. The number of carbonyl (C=O) groups is 1. The van der Waals surface area contributed by atoms with Crippen molar-refractivity contribution >= 4 is 34.9 Å². The zero-order chi connectivity index (χ0) is 21.7. The molecule has 0 radical (unpaired) electrons. The van der Waals surface area contributed by atoms with Crippen molar-refractivity contribution in [1.82, 2.24) is 0 Å². The van der Waals surface area contributed by atoms with E-state index in [0.29, 0.717) is 43.9 Å². The maximum Gasteiger partial charge on any atom is 0.338 e. The fraction of sp³-hybridized carbons (Fsp3) is 0.182. The highest BCUT2D eigenvalue weighted by Crippen LogP contribution is 2.35. The number of nitrogens with one attached hydrogen (secondary N) is 1. The number of nitrogen functional groups attached to an aromatic ring is 1. The van der Waals surface area contributed by atoms with Crippen molar-refractivity contribution in [3.63, 3.8) is 0 Å². The van der Waals surface area contributed by atoms with Gasteiger partial charge in [-0.05, 0) is 42.0 Å². The van der Waals surface area contributed by atoms with Crippen LogP contribution in [0.25, 0.3) is 0 Å². The summed E-state index contributed by atoms with van der Waals surface area (Å²) in [6.07, 6.45) is 2.84. The molecule has 1 aromatic heterocycles. The first kappa shape index (κ1) is 24.3. The number of esters is 1. The normalized spacial score (nSPS) is 11.2. The molecule has 0 amide bonds. The quantitative estimate of drug-likeness (QED) is 0.409. The van der Waals surface area contributed by atoms with Crippen molar-refractivity contribution < 1.29 is 29.5 Å². The molecule has 2 aromatic carbocycles. The van der Waals surface area contributed by atoms with Crippen LogP contribution < -0.4 is 20.2 Å². The lowest BCUT2D eigenvalue weighted by Gasteiger charge is -2.20. The van der Waals surface area contributed by atoms with Crippen molar-refractivity contribution in [2.45, 2.75) is 12.5 Å². The largest absolute Gasteiger partial charge is 0.870 e. The SMILES string of the molecule is COc1ccc([C@H](Cc2c(Cl)c[nH+]cc2Cl)OC(=O)c2ccc(N)cc2)cc1OC.[OH-]. The minimum atomic E-state index is -0.674. The lowest BCUT2D eigenvalue weighted by Crippen LogP contribution is -2.15. The van der Waals surface area contributed by atoms with Gasteiger partial charge < -0.3 is 25.4 Å². The zero-order valence-electron chi connectivity index (χ0n) is 16.9. The third-order valence-electron chi connectivity index (χ3n) is 4.56. The summed E-state index contributed by atoms with van der Waals surface area (Å²) in [6.45, 7) is 0. The van der Waals surface area contributed by atoms with E-state index in [4.69, 9.17) is 43.1 Å². The van der Waals surface area contributed by atoms with Gasteiger partial charge in [0.15, 0.2) is 23.9 Å². The number of benzene rings is 2. The highest BCUT2D eigenvalue weighted by molar-refractivity contribution is 6.35. The molecule has 0 saturated carbocycles. The number of pyridine rings is 1. The zero-order valence-corrected chi connectivity index (χ0v) is 18.4. The number of rotatable bonds is 7. The van der Waals surface area contributed by atoms with Crippen LogP contribution in [-0.2, 0) is 11.2 Å². The van der Waals surface area contributed by atoms with Gasteiger partial charge in [0.1, 0.15) is 16.1 Å². The summed E-state index contributed by atoms with van der Waals surface area (Å²) < 4.78 is 16.5. The van der Waals surface area contributed by atoms with Crippen molar-refractivity contribution in [2.24, 2.45) is 0 Å². The average Bonchev–Trinajstić information content (AvgIpc) is 2.75. The number of hydrogen-bond acceptors (Lipinski definition) is 6. The van der Waals surface area contributed by atoms with Gasteiger partial charge in [0, 0.05) is 17.7 Å². The Morgan fingerprint density at radius 1 is 1.00 bits per heavy atom. The van der Waals surface area contributed by atoms with Crippen LogP contribution in [0.3, 0.4) is 0 Å². The van der Waals surface area contributed by atoms with E-state index in [9.17, 15) is 4.79 Å². The maximum atomic E-state index is 12.8. The van der Waals surface area contributed by atoms with Crippen LogP contribution in [-0.4, -0.2) is 25.7 Å². The monoisotopic (exact) mass is 464 g/mol. The average molecular weight is 465 g/mol. The molecule has 4 N–H and O–H groups in total. The van der Waals surface area contributed by atoms with Crippen LogP contribution in [0.2, 0.25) is 10.0 Å². The van der Waals surface area contributed by atoms with Crippen LogP contribution in [0.15, 0.2) is 54.9 Å². The third kappa shape index (κ3) is 5.79. The second kappa shape index (κ2) is 10.9. The molecule has 0 bridgehead atoms. The summed E-state index contributed by atoms with van der Waals surface area (Å²) in [5.74, 6) is 0.585. The van der Waals surface area contributed by atoms with Gasteiger partial charge in [-0.2, -0.15) is 0 Å². The minimum absolute atomic E-state index is 0. The summed E-state index contributed by atoms with van der Waals surface area (Å²) in [7, 11) is 3.09. The standard InChI is InChI=1S/C22H20Cl2N2O4.H2O/c1-28-19-8-5-14(9-21(19)29-2)20(10-16-17(23)11-26-12-18(16)24)30-22(27)13-3-6-15(25)7-4-13;/h3-9,11-12,20H,10,25H2,1-2H3;1H2/t20-;/m0./s1. The minimum Gasteiger partial charge on any atom is -0.870 e. The summed E-state index contributed by atoms with van der Waals surface area (Å²) >= 11 is 12.6. The smallest absolute Gasteiger partial charge is 0.338 e. The van der Waals surface area contributed by atoms with E-state index in [0.717, 1.165) is 0 Å². The van der Waals surface area contributed by atoms with Gasteiger partial charge in [0.05, 0.1) is 19.8 Å². The Labute approximate surface area is 190 Å². The van der Waals surface area contributed by atoms with E-state index < -0.39 is 12.1 Å². The highest BCUT2D eigenvalue weighted by Gasteiger charge is 2.24. The van der Waals surface area contributed by atoms with Crippen molar-refractivity contribution in [3.05, 3.63) is 81.6 Å². The fourth-order valence-corrected chi connectivity index (χ4v) is 3.49. The van der Waals surface area contributed by atoms with E-state index >= 15 is 0 Å². The van der Waals surface area contributed by atoms with Gasteiger partial charge in [0.25, 0.3) is 0 Å². The number of aromatic amines is 1. The van der Waals surface area contributed by atoms with Crippen LogP contribution in [0, 0.1) is 0 Å². The van der Waals surface area contributed by atoms with Crippen molar-refractivity contribution in [3.8, 4) is 11.5 Å². The van der Waals surface area contributed by atoms with Gasteiger partial charge in [-0.3, -0.25) is 0 Å².